The van der Waals surface area contributed by atoms with Crippen molar-refractivity contribution >= 4 is 11.7 Å². The van der Waals surface area contributed by atoms with Gasteiger partial charge >= 0.3 is 6.03 Å². The van der Waals surface area contributed by atoms with Crippen molar-refractivity contribution in [3.63, 3.8) is 0 Å². The number of carbonyl (C=O) groups excluding carboxylic acids is 1. The van der Waals surface area contributed by atoms with Crippen LogP contribution < -0.4 is 15.5 Å². The van der Waals surface area contributed by atoms with Gasteiger partial charge in [-0.05, 0) is 30.5 Å². The Hall–Kier alpha value is -1.85. The standard InChI is InChI=1S/C18H26N4O/c1-14-13-16(6-9-21-11-7-19-8-12-21)3-4-17(14)22-10-5-15(2)20-18(22)23/h3-4,13,19H,2,5-12H2,1H3,(H,20,23). The van der Waals surface area contributed by atoms with Crippen LogP contribution in [0.5, 0.6) is 0 Å². The van der Waals surface area contributed by atoms with Crippen LogP contribution in [0.3, 0.4) is 0 Å². The third kappa shape index (κ3) is 3.92. The Bertz CT molecular complexity index is 593. The summed E-state index contributed by atoms with van der Waals surface area (Å²) in [6, 6.07) is 6.38. The van der Waals surface area contributed by atoms with Crippen LogP contribution in [0.1, 0.15) is 17.5 Å². The number of rotatable bonds is 4. The highest BCUT2D eigenvalue weighted by Gasteiger charge is 2.22. The topological polar surface area (TPSA) is 47.6 Å². The molecule has 0 radical (unpaired) electrons. The van der Waals surface area contributed by atoms with Crippen LogP contribution >= 0.6 is 0 Å². The zero-order valence-electron chi connectivity index (χ0n) is 13.9. The number of piperazine rings is 1. The summed E-state index contributed by atoms with van der Waals surface area (Å²) in [5, 5.41) is 6.20. The van der Waals surface area contributed by atoms with Gasteiger partial charge in [0.1, 0.15) is 0 Å². The average Bonchev–Trinajstić information content (AvgIpc) is 2.55. The van der Waals surface area contributed by atoms with Gasteiger partial charge < -0.3 is 15.5 Å². The first-order chi connectivity index (χ1) is 11.1. The first kappa shape index (κ1) is 16.0. The minimum absolute atomic E-state index is 0.0714. The van der Waals surface area contributed by atoms with Crippen molar-refractivity contribution in [2.75, 3.05) is 44.2 Å². The molecule has 2 heterocycles. The molecule has 1 aromatic rings. The molecule has 0 spiro atoms. The summed E-state index contributed by atoms with van der Waals surface area (Å²) in [6.07, 6.45) is 1.86. The molecule has 2 saturated heterocycles. The first-order valence-corrected chi connectivity index (χ1v) is 8.42. The summed E-state index contributed by atoms with van der Waals surface area (Å²) in [4.78, 5) is 16.4. The summed E-state index contributed by atoms with van der Waals surface area (Å²) in [6.45, 7) is 12.2. The lowest BCUT2D eigenvalue weighted by atomic mass is 10.1. The highest BCUT2D eigenvalue weighted by atomic mass is 16.2. The summed E-state index contributed by atoms with van der Waals surface area (Å²) in [5.74, 6) is 0. The van der Waals surface area contributed by atoms with E-state index < -0.39 is 0 Å². The second-order valence-corrected chi connectivity index (χ2v) is 6.40. The van der Waals surface area contributed by atoms with Crippen LogP contribution in [0.4, 0.5) is 10.5 Å². The van der Waals surface area contributed by atoms with Gasteiger partial charge in [0.2, 0.25) is 0 Å². The van der Waals surface area contributed by atoms with Crippen LogP contribution in [0.15, 0.2) is 30.5 Å². The largest absolute Gasteiger partial charge is 0.326 e. The van der Waals surface area contributed by atoms with E-state index in [1.807, 2.05) is 4.90 Å². The number of nitrogens with one attached hydrogen (secondary N) is 2. The molecule has 0 bridgehead atoms. The molecule has 2 aliphatic rings. The van der Waals surface area contributed by atoms with E-state index in [9.17, 15) is 4.79 Å². The second kappa shape index (κ2) is 7.15. The van der Waals surface area contributed by atoms with Gasteiger partial charge in [-0.2, -0.15) is 0 Å². The summed E-state index contributed by atoms with van der Waals surface area (Å²) in [7, 11) is 0. The van der Waals surface area contributed by atoms with Crippen LogP contribution in [0.25, 0.3) is 0 Å². The minimum atomic E-state index is -0.0714. The van der Waals surface area contributed by atoms with Gasteiger partial charge in [-0.25, -0.2) is 4.79 Å². The first-order valence-electron chi connectivity index (χ1n) is 8.42. The molecule has 124 valence electrons. The molecular weight excluding hydrogens is 288 g/mol. The molecular formula is C18H26N4O. The summed E-state index contributed by atoms with van der Waals surface area (Å²) < 4.78 is 0. The lowest BCUT2D eigenvalue weighted by Gasteiger charge is -2.30. The van der Waals surface area contributed by atoms with Crippen molar-refractivity contribution in [1.29, 1.82) is 0 Å². The van der Waals surface area contributed by atoms with Gasteiger partial charge in [0.15, 0.2) is 0 Å². The Morgan fingerprint density at radius 2 is 2.00 bits per heavy atom. The van der Waals surface area contributed by atoms with Gasteiger partial charge in [-0.3, -0.25) is 4.90 Å². The lowest BCUT2D eigenvalue weighted by Crippen LogP contribution is -2.45. The fourth-order valence-electron chi connectivity index (χ4n) is 3.26. The van der Waals surface area contributed by atoms with Gasteiger partial charge in [-0.15, -0.1) is 0 Å². The fourth-order valence-corrected chi connectivity index (χ4v) is 3.26. The van der Waals surface area contributed by atoms with E-state index >= 15 is 0 Å². The fraction of sp³-hybridized carbons (Fsp3) is 0.500. The van der Waals surface area contributed by atoms with Crippen molar-refractivity contribution in [3.8, 4) is 0 Å². The normalized spacial score (nSPS) is 19.8. The molecule has 0 saturated carbocycles. The molecule has 2 fully saturated rings. The molecule has 0 aromatic heterocycles. The van der Waals surface area contributed by atoms with Gasteiger partial charge in [0.05, 0.1) is 0 Å². The quantitative estimate of drug-likeness (QED) is 0.892. The van der Waals surface area contributed by atoms with E-state index in [0.29, 0.717) is 6.54 Å². The highest BCUT2D eigenvalue weighted by Crippen LogP contribution is 2.24. The third-order valence-electron chi connectivity index (χ3n) is 4.64. The molecule has 5 nitrogen and oxygen atoms in total. The predicted octanol–water partition coefficient (Wildman–Crippen LogP) is 1.88. The Kier molecular flexibility index (Phi) is 4.98. The van der Waals surface area contributed by atoms with Crippen LogP contribution in [0, 0.1) is 6.92 Å². The van der Waals surface area contributed by atoms with E-state index in [0.717, 1.165) is 62.5 Å². The van der Waals surface area contributed by atoms with E-state index in [2.05, 4.69) is 47.2 Å². The van der Waals surface area contributed by atoms with Crippen molar-refractivity contribution in [2.24, 2.45) is 0 Å². The second-order valence-electron chi connectivity index (χ2n) is 6.40. The SMILES string of the molecule is C=C1CCN(c2ccc(CCN3CCNCC3)cc2C)C(=O)N1. The van der Waals surface area contributed by atoms with Crippen molar-refractivity contribution in [2.45, 2.75) is 19.8 Å². The Balaban J connectivity index is 1.63. The number of urea groups is 1. The number of benzene rings is 1. The summed E-state index contributed by atoms with van der Waals surface area (Å²) >= 11 is 0. The molecule has 3 rings (SSSR count). The number of amides is 2. The molecule has 0 atom stereocenters. The Morgan fingerprint density at radius 3 is 2.70 bits per heavy atom. The maximum absolute atomic E-state index is 12.1. The molecule has 2 aliphatic heterocycles. The zero-order chi connectivity index (χ0) is 16.2. The van der Waals surface area contributed by atoms with Gasteiger partial charge in [0, 0.05) is 57.1 Å². The predicted molar refractivity (Wildman–Crippen MR) is 93.8 cm³/mol. The number of hydrogen-bond donors (Lipinski definition) is 2. The van der Waals surface area contributed by atoms with Gasteiger partial charge in [0.25, 0.3) is 0 Å². The average molecular weight is 314 g/mol. The molecule has 2 N–H and O–H groups in total. The zero-order valence-corrected chi connectivity index (χ0v) is 13.9. The molecule has 0 unspecified atom stereocenters. The van der Waals surface area contributed by atoms with E-state index in [1.54, 1.807) is 0 Å². The maximum atomic E-state index is 12.1. The smallest absolute Gasteiger partial charge is 0.314 e. The van der Waals surface area contributed by atoms with E-state index in [4.69, 9.17) is 0 Å². The maximum Gasteiger partial charge on any atom is 0.326 e. The third-order valence-corrected chi connectivity index (χ3v) is 4.64. The van der Waals surface area contributed by atoms with Crippen molar-refractivity contribution in [1.82, 2.24) is 15.5 Å². The van der Waals surface area contributed by atoms with Crippen LogP contribution in [-0.2, 0) is 6.42 Å². The molecule has 2 amide bonds. The van der Waals surface area contributed by atoms with Crippen molar-refractivity contribution in [3.05, 3.63) is 41.6 Å². The number of nitrogens with zero attached hydrogens (tertiary/aromatic N) is 2. The molecule has 23 heavy (non-hydrogen) atoms. The van der Waals surface area contributed by atoms with Crippen LogP contribution in [-0.4, -0.2) is 50.2 Å². The number of carbonyl (C=O) groups is 1. The van der Waals surface area contributed by atoms with E-state index in [1.165, 1.54) is 5.56 Å². The number of anilines is 1. The Labute approximate surface area is 138 Å². The van der Waals surface area contributed by atoms with Gasteiger partial charge in [-0.1, -0.05) is 18.7 Å². The lowest BCUT2D eigenvalue weighted by molar-refractivity contribution is 0.244. The number of aryl methyl sites for hydroxylation is 1. The Morgan fingerprint density at radius 1 is 1.22 bits per heavy atom. The molecule has 5 heteroatoms. The highest BCUT2D eigenvalue weighted by molar-refractivity contribution is 5.94. The van der Waals surface area contributed by atoms with E-state index in [-0.39, 0.29) is 6.03 Å². The van der Waals surface area contributed by atoms with Crippen molar-refractivity contribution < 1.29 is 4.79 Å². The molecule has 1 aromatic carbocycles. The van der Waals surface area contributed by atoms with Crippen LogP contribution in [0.2, 0.25) is 0 Å². The monoisotopic (exact) mass is 314 g/mol. The summed E-state index contributed by atoms with van der Waals surface area (Å²) in [5.41, 5.74) is 4.30. The number of hydrogen-bond acceptors (Lipinski definition) is 3. The minimum Gasteiger partial charge on any atom is -0.314 e. The molecule has 0 aliphatic carbocycles.